The van der Waals surface area contributed by atoms with Crippen LogP contribution in [0.25, 0.3) is 0 Å². The number of ether oxygens (including phenoxy) is 2. The fourth-order valence-electron chi connectivity index (χ4n) is 1.46. The van der Waals surface area contributed by atoms with Gasteiger partial charge in [-0.2, -0.15) is 0 Å². The van der Waals surface area contributed by atoms with Crippen molar-refractivity contribution in [2.24, 2.45) is 0 Å². The topological polar surface area (TPSA) is 76.7 Å². The van der Waals surface area contributed by atoms with Gasteiger partial charge in [0.1, 0.15) is 12.3 Å². The first kappa shape index (κ1) is 16.1. The van der Waals surface area contributed by atoms with Gasteiger partial charge in [-0.1, -0.05) is 11.6 Å². The van der Waals surface area contributed by atoms with Crippen LogP contribution >= 0.6 is 11.6 Å². The molecule has 0 aliphatic rings. The lowest BCUT2D eigenvalue weighted by atomic mass is 10.2. The van der Waals surface area contributed by atoms with Crippen molar-refractivity contribution in [1.29, 1.82) is 0 Å². The number of aryl methyl sites for hydroxylation is 1. The number of carbonyl (C=O) groups is 2. The van der Waals surface area contributed by atoms with Crippen LogP contribution in [0.15, 0.2) is 12.1 Å². The minimum Gasteiger partial charge on any atom is -0.495 e. The molecule has 7 heteroatoms. The number of halogens is 1. The van der Waals surface area contributed by atoms with Crippen LogP contribution in [0.3, 0.4) is 0 Å². The number of rotatable bonds is 5. The van der Waals surface area contributed by atoms with Crippen molar-refractivity contribution >= 4 is 29.3 Å². The number of hydrogen-bond acceptors (Lipinski definition) is 4. The number of benzene rings is 1. The Hall–Kier alpha value is -1.95. The van der Waals surface area contributed by atoms with Crippen LogP contribution in [0.5, 0.6) is 5.75 Å². The molecule has 0 radical (unpaired) electrons. The van der Waals surface area contributed by atoms with Crippen molar-refractivity contribution < 1.29 is 19.1 Å². The molecule has 1 aromatic rings. The van der Waals surface area contributed by atoms with Crippen molar-refractivity contribution in [3.05, 3.63) is 22.7 Å². The molecule has 0 bridgehead atoms. The first-order valence-electron chi connectivity index (χ1n) is 6.02. The zero-order valence-corrected chi connectivity index (χ0v) is 12.3. The van der Waals surface area contributed by atoms with Crippen molar-refractivity contribution in [2.75, 3.05) is 25.6 Å². The standard InChI is InChI=1S/C13H17ClN2O4/c1-4-20-12(17)7-15-13(18)16-10-5-8(2)9(14)6-11(10)19-3/h5-6H,4,7H2,1-3H3,(H2,15,16,18). The molecule has 0 atom stereocenters. The molecule has 1 aromatic carbocycles. The summed E-state index contributed by atoms with van der Waals surface area (Å²) >= 11 is 5.97. The van der Waals surface area contributed by atoms with Gasteiger partial charge in [-0.25, -0.2) is 4.79 Å². The number of nitrogens with one attached hydrogen (secondary N) is 2. The maximum absolute atomic E-state index is 11.7. The lowest BCUT2D eigenvalue weighted by molar-refractivity contribution is -0.141. The van der Waals surface area contributed by atoms with E-state index in [0.29, 0.717) is 16.5 Å². The predicted molar refractivity (Wildman–Crippen MR) is 76.4 cm³/mol. The van der Waals surface area contributed by atoms with Crippen LogP contribution in [0.1, 0.15) is 12.5 Å². The molecule has 0 aliphatic carbocycles. The number of methoxy groups -OCH3 is 1. The third-order valence-electron chi connectivity index (χ3n) is 2.43. The molecule has 2 N–H and O–H groups in total. The summed E-state index contributed by atoms with van der Waals surface area (Å²) in [6.45, 7) is 3.57. The molecule has 110 valence electrons. The first-order chi connectivity index (χ1) is 9.47. The van der Waals surface area contributed by atoms with Crippen LogP contribution in [-0.2, 0) is 9.53 Å². The molecule has 0 fully saturated rings. The van der Waals surface area contributed by atoms with Crippen molar-refractivity contribution in [2.45, 2.75) is 13.8 Å². The van der Waals surface area contributed by atoms with Crippen molar-refractivity contribution in [3.8, 4) is 5.75 Å². The maximum atomic E-state index is 11.7. The summed E-state index contributed by atoms with van der Waals surface area (Å²) in [4.78, 5) is 22.8. The third kappa shape index (κ3) is 4.62. The van der Waals surface area contributed by atoms with E-state index >= 15 is 0 Å². The van der Waals surface area contributed by atoms with Gasteiger partial charge in [0, 0.05) is 11.1 Å². The van der Waals surface area contributed by atoms with Gasteiger partial charge in [-0.3, -0.25) is 4.79 Å². The van der Waals surface area contributed by atoms with Gasteiger partial charge in [0.2, 0.25) is 0 Å². The van der Waals surface area contributed by atoms with Gasteiger partial charge >= 0.3 is 12.0 Å². The smallest absolute Gasteiger partial charge is 0.325 e. The lowest BCUT2D eigenvalue weighted by Gasteiger charge is -2.12. The van der Waals surface area contributed by atoms with E-state index in [2.05, 4.69) is 10.6 Å². The van der Waals surface area contributed by atoms with E-state index in [4.69, 9.17) is 21.1 Å². The number of esters is 1. The van der Waals surface area contributed by atoms with E-state index in [1.54, 1.807) is 19.1 Å². The van der Waals surface area contributed by atoms with Gasteiger partial charge in [-0.15, -0.1) is 0 Å². The molecule has 0 saturated heterocycles. The van der Waals surface area contributed by atoms with Crippen LogP contribution in [0.4, 0.5) is 10.5 Å². The quantitative estimate of drug-likeness (QED) is 0.818. The average Bonchev–Trinajstić information content (AvgIpc) is 2.40. The zero-order valence-electron chi connectivity index (χ0n) is 11.6. The molecule has 0 heterocycles. The molecule has 0 aromatic heterocycles. The summed E-state index contributed by atoms with van der Waals surface area (Å²) in [5.41, 5.74) is 1.27. The highest BCUT2D eigenvalue weighted by Crippen LogP contribution is 2.30. The highest BCUT2D eigenvalue weighted by molar-refractivity contribution is 6.31. The normalized spacial score (nSPS) is 9.80. The van der Waals surface area contributed by atoms with E-state index in [1.807, 2.05) is 6.92 Å². The Morgan fingerprint density at radius 1 is 1.35 bits per heavy atom. The first-order valence-corrected chi connectivity index (χ1v) is 6.40. The molecule has 0 aliphatic heterocycles. The Bertz CT molecular complexity index is 505. The summed E-state index contributed by atoms with van der Waals surface area (Å²) in [5, 5.41) is 5.51. The van der Waals surface area contributed by atoms with Crippen LogP contribution in [-0.4, -0.2) is 32.3 Å². The van der Waals surface area contributed by atoms with E-state index in [0.717, 1.165) is 5.56 Å². The van der Waals surface area contributed by atoms with Crippen LogP contribution < -0.4 is 15.4 Å². The summed E-state index contributed by atoms with van der Waals surface area (Å²) < 4.78 is 9.83. The fraction of sp³-hybridized carbons (Fsp3) is 0.385. The number of amides is 2. The molecule has 1 rings (SSSR count). The molecular weight excluding hydrogens is 284 g/mol. The van der Waals surface area contributed by atoms with Crippen LogP contribution in [0.2, 0.25) is 5.02 Å². The fourth-order valence-corrected chi connectivity index (χ4v) is 1.61. The molecule has 2 amide bonds. The average molecular weight is 301 g/mol. The van der Waals surface area contributed by atoms with E-state index in [1.165, 1.54) is 7.11 Å². The SMILES string of the molecule is CCOC(=O)CNC(=O)Nc1cc(C)c(Cl)cc1OC. The minimum atomic E-state index is -0.530. The Balaban J connectivity index is 2.66. The predicted octanol–water partition coefficient (Wildman–Crippen LogP) is 2.34. The molecule has 0 unspecified atom stereocenters. The number of carbonyl (C=O) groups excluding carboxylic acids is 2. The largest absolute Gasteiger partial charge is 0.495 e. The molecule has 0 spiro atoms. The second-order valence-electron chi connectivity index (χ2n) is 3.91. The highest BCUT2D eigenvalue weighted by Gasteiger charge is 2.11. The van der Waals surface area contributed by atoms with Crippen molar-refractivity contribution in [1.82, 2.24) is 5.32 Å². The van der Waals surface area contributed by atoms with E-state index in [9.17, 15) is 9.59 Å². The lowest BCUT2D eigenvalue weighted by Crippen LogP contribution is -2.34. The Morgan fingerprint density at radius 2 is 2.05 bits per heavy atom. The number of hydrogen-bond donors (Lipinski definition) is 2. The number of anilines is 1. The van der Waals surface area contributed by atoms with E-state index < -0.39 is 12.0 Å². The van der Waals surface area contributed by atoms with Crippen LogP contribution in [0, 0.1) is 6.92 Å². The minimum absolute atomic E-state index is 0.200. The maximum Gasteiger partial charge on any atom is 0.325 e. The van der Waals surface area contributed by atoms with Gasteiger partial charge in [0.15, 0.2) is 0 Å². The van der Waals surface area contributed by atoms with Gasteiger partial charge in [-0.05, 0) is 25.5 Å². The monoisotopic (exact) mass is 300 g/mol. The molecular formula is C13H17ClN2O4. The third-order valence-corrected chi connectivity index (χ3v) is 2.83. The second kappa shape index (κ2) is 7.59. The summed E-state index contributed by atoms with van der Waals surface area (Å²) in [5.74, 6) is -0.0613. The molecule has 0 saturated carbocycles. The Kier molecular flexibility index (Phi) is 6.11. The van der Waals surface area contributed by atoms with Gasteiger partial charge in [0.25, 0.3) is 0 Å². The summed E-state index contributed by atoms with van der Waals surface area (Å²) in [7, 11) is 1.47. The second-order valence-corrected chi connectivity index (χ2v) is 4.32. The molecule has 6 nitrogen and oxygen atoms in total. The zero-order chi connectivity index (χ0) is 15.1. The number of urea groups is 1. The highest BCUT2D eigenvalue weighted by atomic mass is 35.5. The van der Waals surface area contributed by atoms with Gasteiger partial charge < -0.3 is 20.1 Å². The molecule has 20 heavy (non-hydrogen) atoms. The Labute approximate surface area is 122 Å². The summed E-state index contributed by atoms with van der Waals surface area (Å²) in [6, 6.07) is 2.77. The Morgan fingerprint density at radius 3 is 2.65 bits per heavy atom. The van der Waals surface area contributed by atoms with Crippen molar-refractivity contribution in [3.63, 3.8) is 0 Å². The van der Waals surface area contributed by atoms with E-state index in [-0.39, 0.29) is 13.2 Å². The van der Waals surface area contributed by atoms with Gasteiger partial charge in [0.05, 0.1) is 19.4 Å². The summed E-state index contributed by atoms with van der Waals surface area (Å²) in [6.07, 6.45) is 0.